The maximum Gasteiger partial charge on any atom is 0.174 e. The monoisotopic (exact) mass is 453 g/mol. The fourth-order valence-corrected chi connectivity index (χ4v) is 4.45. The number of ether oxygens (including phenoxy) is 3. The second kappa shape index (κ2) is 8.92. The Bertz CT molecular complexity index is 1310. The SMILES string of the molecule is COc1ccc(C2OC(C)(C)C(=O)C2c2ccc(OCc3ccc4ccccc4n3)cc2)cc1. The average Bonchev–Trinajstić information content (AvgIpc) is 3.11. The lowest BCUT2D eigenvalue weighted by molar-refractivity contribution is -0.130. The first-order valence-corrected chi connectivity index (χ1v) is 11.4. The second-order valence-corrected chi connectivity index (χ2v) is 9.02. The van der Waals surface area contributed by atoms with E-state index in [2.05, 4.69) is 11.1 Å². The van der Waals surface area contributed by atoms with Crippen molar-refractivity contribution in [3.8, 4) is 11.5 Å². The molecular formula is C29H27NO4. The van der Waals surface area contributed by atoms with Crippen molar-refractivity contribution in [2.75, 3.05) is 7.11 Å². The number of fused-ring (bicyclic) bond motifs is 1. The number of aromatic nitrogens is 1. The summed E-state index contributed by atoms with van der Waals surface area (Å²) < 4.78 is 17.5. The number of Topliss-reactive ketones (excluding diaryl/α,β-unsaturated/α-hetero) is 1. The third-order valence-corrected chi connectivity index (χ3v) is 6.33. The van der Waals surface area contributed by atoms with Crippen molar-refractivity contribution in [2.24, 2.45) is 0 Å². The van der Waals surface area contributed by atoms with Crippen molar-refractivity contribution >= 4 is 16.7 Å². The number of carbonyl (C=O) groups excluding carboxylic acids is 1. The molecule has 0 aliphatic carbocycles. The van der Waals surface area contributed by atoms with Gasteiger partial charge in [0.05, 0.1) is 30.3 Å². The highest BCUT2D eigenvalue weighted by Gasteiger charge is 2.49. The lowest BCUT2D eigenvalue weighted by atomic mass is 9.84. The lowest BCUT2D eigenvalue weighted by Crippen LogP contribution is -2.29. The summed E-state index contributed by atoms with van der Waals surface area (Å²) in [4.78, 5) is 17.9. The highest BCUT2D eigenvalue weighted by Crippen LogP contribution is 2.47. The van der Waals surface area contributed by atoms with Crippen molar-refractivity contribution in [2.45, 2.75) is 38.1 Å². The highest BCUT2D eigenvalue weighted by molar-refractivity contribution is 5.95. The molecule has 5 rings (SSSR count). The molecule has 1 aliphatic heterocycles. The third-order valence-electron chi connectivity index (χ3n) is 6.33. The molecule has 0 N–H and O–H groups in total. The summed E-state index contributed by atoms with van der Waals surface area (Å²) in [6.07, 6.45) is -0.359. The number of nitrogens with zero attached hydrogens (tertiary/aromatic N) is 1. The Morgan fingerprint density at radius 1 is 0.853 bits per heavy atom. The van der Waals surface area contributed by atoms with Crippen LogP contribution in [0.5, 0.6) is 11.5 Å². The van der Waals surface area contributed by atoms with Gasteiger partial charge in [0.15, 0.2) is 5.78 Å². The van der Waals surface area contributed by atoms with Crippen molar-refractivity contribution in [3.63, 3.8) is 0 Å². The van der Waals surface area contributed by atoms with Crippen LogP contribution >= 0.6 is 0 Å². The molecule has 1 fully saturated rings. The Labute approximate surface area is 199 Å². The molecule has 0 bridgehead atoms. The van der Waals surface area contributed by atoms with Crippen LogP contribution in [0, 0.1) is 0 Å². The van der Waals surface area contributed by atoms with Crippen molar-refractivity contribution in [3.05, 3.63) is 102 Å². The Balaban J connectivity index is 1.34. The molecule has 0 saturated carbocycles. The van der Waals surface area contributed by atoms with Crippen LogP contribution in [-0.2, 0) is 16.1 Å². The molecule has 0 radical (unpaired) electrons. The standard InChI is InChI=1S/C29H27NO4/c1-29(2)28(31)26(27(34-29)21-11-14-23(32-3)15-12-21)20-9-16-24(17-10-20)33-18-22-13-8-19-6-4-5-7-25(19)30-22/h4-17,26-27H,18H2,1-3H3. The molecule has 2 atom stereocenters. The Hall–Kier alpha value is -3.70. The number of benzene rings is 3. The molecule has 172 valence electrons. The normalized spacial score (nSPS) is 19.3. The van der Waals surface area contributed by atoms with Gasteiger partial charge < -0.3 is 14.2 Å². The van der Waals surface area contributed by atoms with Gasteiger partial charge in [-0.25, -0.2) is 4.98 Å². The van der Waals surface area contributed by atoms with Gasteiger partial charge >= 0.3 is 0 Å². The molecule has 5 heteroatoms. The van der Waals surface area contributed by atoms with E-state index in [0.717, 1.165) is 39.2 Å². The van der Waals surface area contributed by atoms with Crippen LogP contribution in [0.1, 0.15) is 42.7 Å². The van der Waals surface area contributed by atoms with Crippen LogP contribution in [0.15, 0.2) is 84.9 Å². The summed E-state index contributed by atoms with van der Waals surface area (Å²) in [6.45, 7) is 4.04. The van der Waals surface area contributed by atoms with Gasteiger partial charge in [0.25, 0.3) is 0 Å². The molecule has 34 heavy (non-hydrogen) atoms. The minimum Gasteiger partial charge on any atom is -0.497 e. The van der Waals surface area contributed by atoms with E-state index in [4.69, 9.17) is 14.2 Å². The van der Waals surface area contributed by atoms with Gasteiger partial charge in [-0.05, 0) is 61.4 Å². The van der Waals surface area contributed by atoms with Crippen LogP contribution in [0.2, 0.25) is 0 Å². The first-order valence-electron chi connectivity index (χ1n) is 11.4. The maximum atomic E-state index is 13.2. The van der Waals surface area contributed by atoms with Gasteiger partial charge in [-0.1, -0.05) is 48.5 Å². The number of carbonyl (C=O) groups is 1. The van der Waals surface area contributed by atoms with E-state index in [1.807, 2.05) is 92.7 Å². The molecule has 4 aromatic rings. The predicted octanol–water partition coefficient (Wildman–Crippen LogP) is 6.03. The zero-order valence-electron chi connectivity index (χ0n) is 19.5. The summed E-state index contributed by atoms with van der Waals surface area (Å²) >= 11 is 0. The van der Waals surface area contributed by atoms with Gasteiger partial charge in [0, 0.05) is 5.39 Å². The summed E-state index contributed by atoms with van der Waals surface area (Å²) in [5.74, 6) is 1.18. The number of ketones is 1. The molecule has 1 aromatic heterocycles. The zero-order chi connectivity index (χ0) is 23.7. The fourth-order valence-electron chi connectivity index (χ4n) is 4.45. The van der Waals surface area contributed by atoms with E-state index in [0.29, 0.717) is 6.61 Å². The predicted molar refractivity (Wildman–Crippen MR) is 131 cm³/mol. The summed E-state index contributed by atoms with van der Waals surface area (Å²) in [6, 6.07) is 27.5. The minimum absolute atomic E-state index is 0.0716. The third kappa shape index (κ3) is 4.27. The van der Waals surface area contributed by atoms with Gasteiger partial charge in [0.2, 0.25) is 0 Å². The van der Waals surface area contributed by atoms with Crippen LogP contribution in [0.25, 0.3) is 10.9 Å². The van der Waals surface area contributed by atoms with Crippen molar-refractivity contribution in [1.29, 1.82) is 0 Å². The summed E-state index contributed by atoms with van der Waals surface area (Å²) in [7, 11) is 1.64. The van der Waals surface area contributed by atoms with E-state index in [1.165, 1.54) is 0 Å². The number of hydrogen-bond acceptors (Lipinski definition) is 5. The average molecular weight is 454 g/mol. The van der Waals surface area contributed by atoms with Gasteiger partial charge in [-0.2, -0.15) is 0 Å². The van der Waals surface area contributed by atoms with E-state index >= 15 is 0 Å². The van der Waals surface area contributed by atoms with Gasteiger partial charge in [-0.15, -0.1) is 0 Å². The number of pyridine rings is 1. The van der Waals surface area contributed by atoms with Crippen LogP contribution in [0.3, 0.4) is 0 Å². The minimum atomic E-state index is -0.855. The first-order chi connectivity index (χ1) is 16.4. The smallest absolute Gasteiger partial charge is 0.174 e. The highest BCUT2D eigenvalue weighted by atomic mass is 16.5. The van der Waals surface area contributed by atoms with Crippen molar-refractivity contribution < 1.29 is 19.0 Å². The molecule has 1 aliphatic rings. The van der Waals surface area contributed by atoms with E-state index in [-0.39, 0.29) is 17.8 Å². The Morgan fingerprint density at radius 3 is 2.26 bits per heavy atom. The number of methoxy groups -OCH3 is 1. The molecule has 1 saturated heterocycles. The first kappa shape index (κ1) is 22.1. The molecule has 5 nitrogen and oxygen atoms in total. The summed E-state index contributed by atoms with van der Waals surface area (Å²) in [5.41, 5.74) is 2.82. The fraction of sp³-hybridized carbons (Fsp3) is 0.241. The van der Waals surface area contributed by atoms with Crippen LogP contribution < -0.4 is 9.47 Å². The van der Waals surface area contributed by atoms with Crippen LogP contribution in [-0.4, -0.2) is 23.5 Å². The van der Waals surface area contributed by atoms with Crippen LogP contribution in [0.4, 0.5) is 0 Å². The van der Waals surface area contributed by atoms with Gasteiger partial charge in [0.1, 0.15) is 23.7 Å². The number of para-hydroxylation sites is 1. The van der Waals surface area contributed by atoms with Gasteiger partial charge in [-0.3, -0.25) is 4.79 Å². The largest absolute Gasteiger partial charge is 0.497 e. The maximum absolute atomic E-state index is 13.2. The number of hydrogen-bond donors (Lipinski definition) is 0. The van der Waals surface area contributed by atoms with E-state index in [1.54, 1.807) is 7.11 Å². The van der Waals surface area contributed by atoms with E-state index < -0.39 is 5.60 Å². The quantitative estimate of drug-likeness (QED) is 0.357. The van der Waals surface area contributed by atoms with E-state index in [9.17, 15) is 4.79 Å². The second-order valence-electron chi connectivity index (χ2n) is 9.02. The topological polar surface area (TPSA) is 57.7 Å². The summed E-state index contributed by atoms with van der Waals surface area (Å²) in [5, 5.41) is 1.10. The van der Waals surface area contributed by atoms with Crippen molar-refractivity contribution in [1.82, 2.24) is 4.98 Å². The number of rotatable bonds is 6. The Morgan fingerprint density at radius 2 is 1.53 bits per heavy atom. The molecule has 2 heterocycles. The molecule has 2 unspecified atom stereocenters. The lowest BCUT2D eigenvalue weighted by Gasteiger charge is -2.19. The molecule has 3 aromatic carbocycles. The molecule has 0 spiro atoms. The Kier molecular flexibility index (Phi) is 5.80. The zero-order valence-corrected chi connectivity index (χ0v) is 19.5. The molecular weight excluding hydrogens is 426 g/mol. The molecule has 0 amide bonds.